The van der Waals surface area contributed by atoms with Gasteiger partial charge in [-0.1, -0.05) is 23.2 Å². The molecule has 2 atom stereocenters. The third kappa shape index (κ3) is 7.47. The highest BCUT2D eigenvalue weighted by atomic mass is 35.5. The summed E-state index contributed by atoms with van der Waals surface area (Å²) in [6.45, 7) is -0.196. The van der Waals surface area contributed by atoms with Crippen LogP contribution < -0.4 is 9.88 Å². The predicted molar refractivity (Wildman–Crippen MR) is 151 cm³/mol. The number of carboxylic acid groups (broad SMARTS) is 2. The van der Waals surface area contributed by atoms with Gasteiger partial charge in [0, 0.05) is 38.5 Å². The minimum Gasteiger partial charge on any atom is -0.477 e. The summed E-state index contributed by atoms with van der Waals surface area (Å²) < 4.78 is 28.1. The lowest BCUT2D eigenvalue weighted by Gasteiger charge is -2.49. The van der Waals surface area contributed by atoms with E-state index in [2.05, 4.69) is 5.32 Å². The van der Waals surface area contributed by atoms with Crippen molar-refractivity contribution in [1.29, 1.82) is 0 Å². The molecule has 3 N–H and O–H groups in total. The van der Waals surface area contributed by atoms with Gasteiger partial charge in [-0.2, -0.15) is 8.78 Å². The number of carboxylic acids is 2. The predicted octanol–water partition coefficient (Wildman–Crippen LogP) is 4.01. The zero-order valence-electron chi connectivity index (χ0n) is 20.9. The summed E-state index contributed by atoms with van der Waals surface area (Å²) in [5.74, 6) is -7.58. The van der Waals surface area contributed by atoms with Crippen molar-refractivity contribution in [2.24, 2.45) is 0 Å². The maximum absolute atomic E-state index is 13.3. The second kappa shape index (κ2) is 13.2. The van der Waals surface area contributed by atoms with Crippen molar-refractivity contribution in [2.75, 3.05) is 17.3 Å². The number of carbonyl (C=O) groups excluding carboxylic acids is 2. The summed E-state index contributed by atoms with van der Waals surface area (Å²) in [5.41, 5.74) is 0.421. The highest BCUT2D eigenvalue weighted by molar-refractivity contribution is 8.01. The third-order valence-corrected chi connectivity index (χ3v) is 10.3. The van der Waals surface area contributed by atoms with Gasteiger partial charge in [-0.3, -0.25) is 14.5 Å². The van der Waals surface area contributed by atoms with Crippen LogP contribution in [0.3, 0.4) is 0 Å². The number of aryl methyl sites for hydroxylation is 1. The molecular formula is C25H22Cl2F2N3O6S3+. The monoisotopic (exact) mass is 664 g/mol. The largest absolute Gasteiger partial charge is 0.477 e. The molecule has 0 unspecified atom stereocenters. The van der Waals surface area contributed by atoms with Crippen LogP contribution in [0.4, 0.5) is 8.78 Å². The molecule has 218 valence electrons. The number of hydrogen-bond acceptors (Lipinski definition) is 7. The summed E-state index contributed by atoms with van der Waals surface area (Å²) in [6, 6.07) is 7.33. The van der Waals surface area contributed by atoms with E-state index in [0.29, 0.717) is 26.3 Å². The van der Waals surface area contributed by atoms with Crippen LogP contribution in [0.2, 0.25) is 10.0 Å². The molecule has 1 fully saturated rings. The van der Waals surface area contributed by atoms with Gasteiger partial charge in [0.1, 0.15) is 17.1 Å². The Bertz CT molecular complexity index is 1410. The van der Waals surface area contributed by atoms with Crippen LogP contribution in [-0.4, -0.2) is 73.5 Å². The van der Waals surface area contributed by atoms with Gasteiger partial charge in [0.2, 0.25) is 5.91 Å². The molecule has 3 heterocycles. The number of hydrogen-bond donors (Lipinski definition) is 3. The summed E-state index contributed by atoms with van der Waals surface area (Å²) in [7, 11) is 0. The van der Waals surface area contributed by atoms with Crippen LogP contribution in [0.15, 0.2) is 63.8 Å². The number of β-lactam (4-membered cyclic amide) rings is 1. The zero-order chi connectivity index (χ0) is 29.9. The van der Waals surface area contributed by atoms with Crippen molar-refractivity contribution in [3.05, 3.63) is 64.0 Å². The second-order valence-corrected chi connectivity index (χ2v) is 12.9. The Balaban J connectivity index is 1.33. The van der Waals surface area contributed by atoms with E-state index >= 15 is 0 Å². The van der Waals surface area contributed by atoms with Gasteiger partial charge >= 0.3 is 17.9 Å². The third-order valence-electron chi connectivity index (χ3n) is 6.09. The molecule has 4 rings (SSSR count). The van der Waals surface area contributed by atoms with E-state index in [1.54, 1.807) is 30.3 Å². The Labute approximate surface area is 255 Å². The van der Waals surface area contributed by atoms with Crippen molar-refractivity contribution < 1.29 is 42.7 Å². The van der Waals surface area contributed by atoms with E-state index in [0.717, 1.165) is 4.90 Å². The Kier molecular flexibility index (Phi) is 10.1. The molecular weight excluding hydrogens is 643 g/mol. The maximum atomic E-state index is 13.3. The molecule has 2 aromatic rings. The SMILES string of the molecule is O=C(CSc1cc(Cl)ccc1Cl)N[C@@H]1C(=O)N2C(C(=O)O)=C(CSc3cc[n+](CCC(F)(F)C(=O)O)cc3)CS[C@H]12. The normalized spacial score (nSPS) is 18.5. The summed E-state index contributed by atoms with van der Waals surface area (Å²) in [4.78, 5) is 50.7. The number of nitrogens with zero attached hydrogens (tertiary/aromatic N) is 2. The fourth-order valence-corrected chi connectivity index (χ4v) is 7.65. The maximum Gasteiger partial charge on any atom is 0.374 e. The van der Waals surface area contributed by atoms with E-state index in [-0.39, 0.29) is 23.7 Å². The number of fused-ring (bicyclic) bond motifs is 1. The van der Waals surface area contributed by atoms with Crippen molar-refractivity contribution in [3.63, 3.8) is 0 Å². The van der Waals surface area contributed by atoms with Crippen LogP contribution in [0.5, 0.6) is 0 Å². The molecule has 41 heavy (non-hydrogen) atoms. The molecule has 2 amide bonds. The van der Waals surface area contributed by atoms with E-state index in [1.165, 1.54) is 57.1 Å². The van der Waals surface area contributed by atoms with Gasteiger partial charge < -0.3 is 15.5 Å². The van der Waals surface area contributed by atoms with Gasteiger partial charge in [-0.15, -0.1) is 35.3 Å². The molecule has 0 aliphatic carbocycles. The highest BCUT2D eigenvalue weighted by Crippen LogP contribution is 2.41. The van der Waals surface area contributed by atoms with Crippen molar-refractivity contribution in [2.45, 2.75) is 40.1 Å². The van der Waals surface area contributed by atoms with Crippen molar-refractivity contribution >= 4 is 82.2 Å². The smallest absolute Gasteiger partial charge is 0.374 e. The fraction of sp³-hybridized carbons (Fsp3) is 0.320. The Morgan fingerprint density at radius 1 is 1.15 bits per heavy atom. The van der Waals surface area contributed by atoms with Gasteiger partial charge in [0.25, 0.3) is 5.91 Å². The number of aromatic nitrogens is 1. The summed E-state index contributed by atoms with van der Waals surface area (Å²) in [6.07, 6.45) is 2.21. The standard InChI is InChI=1S/C25H21Cl2F2N3O6S3/c26-14-1-2-16(27)17(9-14)40-12-18(33)30-19-21(34)32-20(23(35)36)13(11-41-22(19)32)10-39-15-3-6-31(7-4-15)8-5-25(28,29)24(37)38/h1-4,6-7,9,19,22H,5,8,10-12H2,(H2-,30,33,35,36,37,38)/p+1/t19-,22-/m1/s1. The van der Waals surface area contributed by atoms with Crippen molar-refractivity contribution in [3.8, 4) is 0 Å². The molecule has 0 spiro atoms. The first kappa shape index (κ1) is 31.4. The van der Waals surface area contributed by atoms with Gasteiger partial charge in [0.15, 0.2) is 18.9 Å². The average Bonchev–Trinajstić information content (AvgIpc) is 2.93. The second-order valence-electron chi connectivity index (χ2n) is 8.90. The topological polar surface area (TPSA) is 128 Å². The molecule has 0 bridgehead atoms. The number of amides is 2. The number of aliphatic carboxylic acids is 2. The number of nitrogens with one attached hydrogen (secondary N) is 1. The number of halogens is 4. The van der Waals surface area contributed by atoms with E-state index in [1.807, 2.05) is 0 Å². The van der Waals surface area contributed by atoms with E-state index in [9.17, 15) is 33.1 Å². The van der Waals surface area contributed by atoms with Crippen molar-refractivity contribution in [1.82, 2.24) is 10.2 Å². The van der Waals surface area contributed by atoms with Crippen LogP contribution >= 0.6 is 58.5 Å². The van der Waals surface area contributed by atoms with Crippen LogP contribution in [0.1, 0.15) is 6.42 Å². The molecule has 0 radical (unpaired) electrons. The van der Waals surface area contributed by atoms with E-state index in [4.69, 9.17) is 28.3 Å². The first-order valence-electron chi connectivity index (χ1n) is 11.9. The lowest BCUT2D eigenvalue weighted by Crippen LogP contribution is -2.70. The number of benzene rings is 1. The van der Waals surface area contributed by atoms with Gasteiger partial charge in [-0.25, -0.2) is 14.2 Å². The number of thioether (sulfide) groups is 3. The van der Waals surface area contributed by atoms with Gasteiger partial charge in [-0.05, 0) is 23.8 Å². The molecule has 2 aliphatic heterocycles. The Hall–Kier alpha value is -2.52. The number of pyridine rings is 1. The molecule has 16 heteroatoms. The summed E-state index contributed by atoms with van der Waals surface area (Å²) >= 11 is 15.9. The lowest BCUT2D eigenvalue weighted by molar-refractivity contribution is -0.699. The molecule has 1 aromatic carbocycles. The van der Waals surface area contributed by atoms with Crippen LogP contribution in [0.25, 0.3) is 0 Å². The molecule has 1 aromatic heterocycles. The van der Waals surface area contributed by atoms with Crippen LogP contribution in [0, 0.1) is 0 Å². The van der Waals surface area contributed by atoms with Crippen LogP contribution in [-0.2, 0) is 25.7 Å². The van der Waals surface area contributed by atoms with E-state index < -0.39 is 47.5 Å². The Morgan fingerprint density at radius 2 is 1.85 bits per heavy atom. The lowest BCUT2D eigenvalue weighted by atomic mass is 10.0. The number of rotatable bonds is 12. The fourth-order valence-electron chi connectivity index (χ4n) is 3.98. The molecule has 1 saturated heterocycles. The zero-order valence-corrected chi connectivity index (χ0v) is 24.9. The number of carbonyl (C=O) groups is 4. The quantitative estimate of drug-likeness (QED) is 0.175. The minimum atomic E-state index is -3.82. The first-order chi connectivity index (χ1) is 19.4. The molecule has 2 aliphatic rings. The molecule has 9 nitrogen and oxygen atoms in total. The summed E-state index contributed by atoms with van der Waals surface area (Å²) in [5, 5.41) is 21.5. The highest BCUT2D eigenvalue weighted by Gasteiger charge is 2.54. The first-order valence-corrected chi connectivity index (χ1v) is 15.7. The van der Waals surface area contributed by atoms with Gasteiger partial charge in [0.05, 0.1) is 17.2 Å². The minimum absolute atomic E-state index is 0.0101. The molecule has 0 saturated carbocycles. The number of alkyl halides is 2. The Morgan fingerprint density at radius 3 is 2.51 bits per heavy atom. The average molecular weight is 666 g/mol.